The molecule has 1 fully saturated rings. The molecule has 120 valence electrons. The van der Waals surface area contributed by atoms with Gasteiger partial charge >= 0.3 is 0 Å². The smallest absolute Gasteiger partial charge is 0.0769 e. The summed E-state index contributed by atoms with van der Waals surface area (Å²) in [7, 11) is 0. The summed E-state index contributed by atoms with van der Waals surface area (Å²) in [5.41, 5.74) is 5.04. The molecule has 0 radical (unpaired) electrons. The molecule has 0 bridgehead atoms. The molecule has 0 N–H and O–H groups in total. The second-order valence-corrected chi connectivity index (χ2v) is 7.14. The van der Waals surface area contributed by atoms with Gasteiger partial charge in [-0.2, -0.15) is 0 Å². The summed E-state index contributed by atoms with van der Waals surface area (Å²) in [5.74, 6) is 0.670. The molecule has 23 heavy (non-hydrogen) atoms. The van der Waals surface area contributed by atoms with Gasteiger partial charge in [0, 0.05) is 17.3 Å². The zero-order valence-electron chi connectivity index (χ0n) is 13.9. The normalized spacial score (nSPS) is 19.8. The van der Waals surface area contributed by atoms with Crippen LogP contribution in [0.25, 0.3) is 10.9 Å². The van der Waals surface area contributed by atoms with E-state index in [1.807, 2.05) is 0 Å². The van der Waals surface area contributed by atoms with Crippen molar-refractivity contribution in [3.05, 3.63) is 35.5 Å². The molecule has 1 aromatic heterocycles. The van der Waals surface area contributed by atoms with Crippen LogP contribution in [0, 0.1) is 5.92 Å². The number of hydrogen-bond acceptors (Lipinski definition) is 2. The van der Waals surface area contributed by atoms with E-state index in [0.717, 1.165) is 18.4 Å². The van der Waals surface area contributed by atoms with Crippen LogP contribution in [0.2, 0.25) is 0 Å². The average Bonchev–Trinajstić information content (AvgIpc) is 2.87. The molecule has 4 rings (SSSR count). The number of para-hydroxylation sites is 1. The third kappa shape index (κ3) is 3.17. The number of aryl methyl sites for hydroxylation is 1. The van der Waals surface area contributed by atoms with Crippen molar-refractivity contribution < 1.29 is 0 Å². The summed E-state index contributed by atoms with van der Waals surface area (Å²) < 4.78 is 0. The lowest BCUT2D eigenvalue weighted by Crippen LogP contribution is -2.07. The third-order valence-electron chi connectivity index (χ3n) is 5.45. The van der Waals surface area contributed by atoms with Crippen LogP contribution in [0.5, 0.6) is 0 Å². The molecule has 2 nitrogen and oxygen atoms in total. The number of fused-ring (bicyclic) bond motifs is 2. The molecule has 0 aliphatic heterocycles. The van der Waals surface area contributed by atoms with E-state index in [-0.39, 0.29) is 0 Å². The highest BCUT2D eigenvalue weighted by Crippen LogP contribution is 2.35. The molecule has 0 unspecified atom stereocenters. The van der Waals surface area contributed by atoms with Crippen LogP contribution >= 0.6 is 0 Å². The van der Waals surface area contributed by atoms with Crippen molar-refractivity contribution >= 4 is 22.8 Å². The fourth-order valence-electron chi connectivity index (χ4n) is 4.13. The van der Waals surface area contributed by atoms with Gasteiger partial charge in [0.2, 0.25) is 0 Å². The summed E-state index contributed by atoms with van der Waals surface area (Å²) in [6.07, 6.45) is 15.2. The summed E-state index contributed by atoms with van der Waals surface area (Å²) in [6, 6.07) is 8.53. The molecule has 2 aliphatic rings. The van der Waals surface area contributed by atoms with Crippen molar-refractivity contribution in [3.8, 4) is 0 Å². The van der Waals surface area contributed by atoms with Gasteiger partial charge in [-0.25, -0.2) is 0 Å². The Balaban J connectivity index is 1.74. The number of benzene rings is 1. The highest BCUT2D eigenvalue weighted by atomic mass is 14.8. The lowest BCUT2D eigenvalue weighted by atomic mass is 9.92. The standard InChI is InChI=1S/C21H26N2/c1-2-4-10-16(9-3-1)15-22-21-17-11-5-7-13-19(17)23-20-14-8-6-12-18(20)21/h5,7,11,13,15-16H,1-4,6,8-10,12,14H2/b22-15+. The van der Waals surface area contributed by atoms with E-state index >= 15 is 0 Å². The zero-order valence-corrected chi connectivity index (χ0v) is 13.9. The molecule has 0 atom stereocenters. The van der Waals surface area contributed by atoms with E-state index in [0.29, 0.717) is 5.92 Å². The largest absolute Gasteiger partial charge is 0.260 e. The van der Waals surface area contributed by atoms with Crippen LogP contribution in [0.15, 0.2) is 29.3 Å². The van der Waals surface area contributed by atoms with Gasteiger partial charge in [-0.1, -0.05) is 43.9 Å². The van der Waals surface area contributed by atoms with E-state index in [1.165, 1.54) is 73.7 Å². The lowest BCUT2D eigenvalue weighted by Gasteiger charge is -2.19. The lowest BCUT2D eigenvalue weighted by molar-refractivity contribution is 0.601. The first-order valence-corrected chi connectivity index (χ1v) is 9.36. The molecule has 1 heterocycles. The minimum atomic E-state index is 0.670. The predicted octanol–water partition coefficient (Wildman–Crippen LogP) is 5.79. The van der Waals surface area contributed by atoms with Crippen LogP contribution in [-0.4, -0.2) is 11.2 Å². The topological polar surface area (TPSA) is 25.2 Å². The van der Waals surface area contributed by atoms with Crippen molar-refractivity contribution in [3.63, 3.8) is 0 Å². The van der Waals surface area contributed by atoms with E-state index in [4.69, 9.17) is 9.98 Å². The van der Waals surface area contributed by atoms with Crippen LogP contribution in [-0.2, 0) is 12.8 Å². The summed E-state index contributed by atoms with van der Waals surface area (Å²) in [6.45, 7) is 0. The number of pyridine rings is 1. The Bertz CT molecular complexity index is 709. The minimum absolute atomic E-state index is 0.670. The Morgan fingerprint density at radius 3 is 2.57 bits per heavy atom. The first-order chi connectivity index (χ1) is 11.4. The molecule has 0 amide bonds. The molecule has 2 aliphatic carbocycles. The molecule has 2 aromatic rings. The maximum Gasteiger partial charge on any atom is 0.0769 e. The maximum atomic E-state index is 5.05. The summed E-state index contributed by atoms with van der Waals surface area (Å²) in [5, 5.41) is 1.23. The van der Waals surface area contributed by atoms with Crippen molar-refractivity contribution in [2.75, 3.05) is 0 Å². The van der Waals surface area contributed by atoms with Gasteiger partial charge < -0.3 is 0 Å². The van der Waals surface area contributed by atoms with E-state index in [2.05, 4.69) is 30.5 Å². The Morgan fingerprint density at radius 1 is 0.913 bits per heavy atom. The minimum Gasteiger partial charge on any atom is -0.260 e. The highest BCUT2D eigenvalue weighted by Gasteiger charge is 2.18. The van der Waals surface area contributed by atoms with E-state index in [1.54, 1.807) is 0 Å². The maximum absolute atomic E-state index is 5.05. The second-order valence-electron chi connectivity index (χ2n) is 7.14. The summed E-state index contributed by atoms with van der Waals surface area (Å²) in [4.78, 5) is 9.96. The van der Waals surface area contributed by atoms with Crippen LogP contribution in [0.1, 0.15) is 62.6 Å². The molecular formula is C21H26N2. The first kappa shape index (κ1) is 14.9. The van der Waals surface area contributed by atoms with Gasteiger partial charge in [0.1, 0.15) is 0 Å². The fraction of sp³-hybridized carbons (Fsp3) is 0.524. The Kier molecular flexibility index (Phi) is 4.41. The predicted molar refractivity (Wildman–Crippen MR) is 97.7 cm³/mol. The Labute approximate surface area is 139 Å². The molecule has 1 saturated carbocycles. The van der Waals surface area contributed by atoms with Crippen molar-refractivity contribution in [2.45, 2.75) is 64.2 Å². The number of hydrogen-bond donors (Lipinski definition) is 0. The molecule has 0 saturated heterocycles. The third-order valence-corrected chi connectivity index (χ3v) is 5.45. The van der Waals surface area contributed by atoms with Crippen molar-refractivity contribution in [2.24, 2.45) is 10.9 Å². The van der Waals surface area contributed by atoms with Gasteiger partial charge in [-0.3, -0.25) is 9.98 Å². The van der Waals surface area contributed by atoms with E-state index in [9.17, 15) is 0 Å². The van der Waals surface area contributed by atoms with Crippen LogP contribution < -0.4 is 0 Å². The Morgan fingerprint density at radius 2 is 1.70 bits per heavy atom. The van der Waals surface area contributed by atoms with Crippen molar-refractivity contribution in [1.29, 1.82) is 0 Å². The van der Waals surface area contributed by atoms with E-state index < -0.39 is 0 Å². The zero-order chi connectivity index (χ0) is 15.5. The monoisotopic (exact) mass is 306 g/mol. The van der Waals surface area contributed by atoms with Gasteiger partial charge in [0.15, 0.2) is 0 Å². The van der Waals surface area contributed by atoms with Crippen molar-refractivity contribution in [1.82, 2.24) is 4.98 Å². The SMILES string of the molecule is C(=N\c1c2c(nc3ccccc13)CCCC2)/C1CCCCCC1. The van der Waals surface area contributed by atoms with Gasteiger partial charge in [0.25, 0.3) is 0 Å². The highest BCUT2D eigenvalue weighted by molar-refractivity contribution is 5.93. The first-order valence-electron chi connectivity index (χ1n) is 9.36. The Hall–Kier alpha value is -1.70. The molecule has 0 spiro atoms. The average molecular weight is 306 g/mol. The number of aliphatic imine (C=N–C) groups is 1. The van der Waals surface area contributed by atoms with Crippen LogP contribution in [0.4, 0.5) is 5.69 Å². The van der Waals surface area contributed by atoms with Crippen LogP contribution in [0.3, 0.4) is 0 Å². The molecule has 1 aromatic carbocycles. The molecule has 2 heteroatoms. The second kappa shape index (κ2) is 6.82. The number of nitrogens with zero attached hydrogens (tertiary/aromatic N) is 2. The molecular weight excluding hydrogens is 280 g/mol. The van der Waals surface area contributed by atoms with Gasteiger partial charge in [0.05, 0.1) is 11.2 Å². The number of rotatable bonds is 2. The van der Waals surface area contributed by atoms with Gasteiger partial charge in [-0.15, -0.1) is 0 Å². The number of aromatic nitrogens is 1. The van der Waals surface area contributed by atoms with Gasteiger partial charge in [-0.05, 0) is 56.1 Å². The quantitative estimate of drug-likeness (QED) is 0.509. The summed E-state index contributed by atoms with van der Waals surface area (Å²) >= 11 is 0. The fourth-order valence-corrected chi connectivity index (χ4v) is 4.13.